The molecule has 1 aliphatic heterocycles. The fourth-order valence-corrected chi connectivity index (χ4v) is 3.85. The van der Waals surface area contributed by atoms with Gasteiger partial charge in [0.25, 0.3) is 0 Å². The van der Waals surface area contributed by atoms with E-state index in [4.69, 9.17) is 0 Å². The molecule has 1 saturated heterocycles. The average Bonchev–Trinajstić information content (AvgIpc) is 2.74. The van der Waals surface area contributed by atoms with Gasteiger partial charge in [-0.25, -0.2) is 0 Å². The lowest BCUT2D eigenvalue weighted by Gasteiger charge is -2.25. The Morgan fingerprint density at radius 1 is 1.18 bits per heavy atom. The van der Waals surface area contributed by atoms with Crippen molar-refractivity contribution in [3.05, 3.63) is 34.7 Å². The van der Waals surface area contributed by atoms with Crippen LogP contribution in [0.4, 0.5) is 0 Å². The van der Waals surface area contributed by atoms with Crippen molar-refractivity contribution in [2.24, 2.45) is 0 Å². The zero-order valence-corrected chi connectivity index (χ0v) is 11.2. The van der Waals surface area contributed by atoms with Gasteiger partial charge in [0, 0.05) is 16.1 Å². The monoisotopic (exact) mass is 245 g/mol. The second-order valence-electron chi connectivity index (χ2n) is 5.04. The number of hydrogen-bond donors (Lipinski definition) is 0. The molecule has 2 aromatic rings. The van der Waals surface area contributed by atoms with Crippen LogP contribution in [0.1, 0.15) is 29.7 Å². The molecule has 0 saturated carbocycles. The van der Waals surface area contributed by atoms with E-state index in [2.05, 4.69) is 36.1 Å². The highest BCUT2D eigenvalue weighted by molar-refractivity contribution is 7.19. The maximum atomic E-state index is 2.60. The zero-order chi connectivity index (χ0) is 11.7. The number of piperidine rings is 1. The van der Waals surface area contributed by atoms with Crippen LogP contribution in [0, 0.1) is 6.92 Å². The second kappa shape index (κ2) is 4.79. The van der Waals surface area contributed by atoms with Crippen molar-refractivity contribution in [2.45, 2.75) is 32.7 Å². The number of nitrogens with zero attached hydrogens (tertiary/aromatic N) is 1. The van der Waals surface area contributed by atoms with Crippen LogP contribution in [0.25, 0.3) is 10.1 Å². The fraction of sp³-hybridized carbons (Fsp3) is 0.467. The van der Waals surface area contributed by atoms with Crippen molar-refractivity contribution in [2.75, 3.05) is 13.1 Å². The van der Waals surface area contributed by atoms with Gasteiger partial charge in [-0.15, -0.1) is 11.3 Å². The molecule has 1 nitrogen and oxygen atoms in total. The molecule has 2 heterocycles. The van der Waals surface area contributed by atoms with Crippen molar-refractivity contribution in [1.29, 1.82) is 0 Å². The Morgan fingerprint density at radius 3 is 2.76 bits per heavy atom. The van der Waals surface area contributed by atoms with Crippen LogP contribution in [0.15, 0.2) is 24.3 Å². The molecule has 1 aliphatic rings. The molecule has 0 amide bonds. The summed E-state index contributed by atoms with van der Waals surface area (Å²) in [5, 5.41) is 1.42. The Balaban J connectivity index is 1.83. The summed E-state index contributed by atoms with van der Waals surface area (Å²) >= 11 is 1.98. The zero-order valence-electron chi connectivity index (χ0n) is 10.4. The van der Waals surface area contributed by atoms with Gasteiger partial charge in [-0.2, -0.15) is 0 Å². The molecule has 0 aliphatic carbocycles. The standard InChI is InChI=1S/C15H19NS/c1-12-6-5-7-13-10-14(17-15(12)13)11-16-8-3-2-4-9-16/h5-7,10H,2-4,8-9,11H2,1H3. The molecular formula is C15H19NS. The molecule has 1 aromatic carbocycles. The minimum atomic E-state index is 1.15. The van der Waals surface area contributed by atoms with Gasteiger partial charge in [0.15, 0.2) is 0 Å². The van der Waals surface area contributed by atoms with Crippen molar-refractivity contribution in [3.8, 4) is 0 Å². The summed E-state index contributed by atoms with van der Waals surface area (Å²) in [6.45, 7) is 5.93. The van der Waals surface area contributed by atoms with E-state index in [0.717, 1.165) is 6.54 Å². The summed E-state index contributed by atoms with van der Waals surface area (Å²) < 4.78 is 1.47. The Morgan fingerprint density at radius 2 is 2.00 bits per heavy atom. The number of hydrogen-bond acceptors (Lipinski definition) is 2. The molecule has 0 radical (unpaired) electrons. The summed E-state index contributed by atoms with van der Waals surface area (Å²) in [5.74, 6) is 0. The largest absolute Gasteiger partial charge is 0.298 e. The van der Waals surface area contributed by atoms with E-state index in [1.807, 2.05) is 11.3 Å². The number of thiophene rings is 1. The highest BCUT2D eigenvalue weighted by atomic mass is 32.1. The van der Waals surface area contributed by atoms with Gasteiger partial charge in [0.05, 0.1) is 0 Å². The summed E-state index contributed by atoms with van der Waals surface area (Å²) in [4.78, 5) is 4.12. The first-order chi connectivity index (χ1) is 8.33. The SMILES string of the molecule is Cc1cccc2cc(CN3CCCCC3)sc12. The smallest absolute Gasteiger partial charge is 0.0375 e. The lowest BCUT2D eigenvalue weighted by atomic mass is 10.1. The molecule has 0 unspecified atom stereocenters. The van der Waals surface area contributed by atoms with Gasteiger partial charge in [-0.3, -0.25) is 4.90 Å². The summed E-state index contributed by atoms with van der Waals surface area (Å²) in [5.41, 5.74) is 1.41. The summed E-state index contributed by atoms with van der Waals surface area (Å²) in [7, 11) is 0. The maximum Gasteiger partial charge on any atom is 0.0375 e. The van der Waals surface area contributed by atoms with Crippen LogP contribution >= 0.6 is 11.3 Å². The van der Waals surface area contributed by atoms with E-state index in [-0.39, 0.29) is 0 Å². The first-order valence-electron chi connectivity index (χ1n) is 6.53. The molecule has 2 heteroatoms. The van der Waals surface area contributed by atoms with Crippen LogP contribution in [0.3, 0.4) is 0 Å². The highest BCUT2D eigenvalue weighted by Gasteiger charge is 2.12. The van der Waals surface area contributed by atoms with Gasteiger partial charge in [-0.05, 0) is 49.9 Å². The molecule has 1 aromatic heterocycles. The molecule has 1 fully saturated rings. The van der Waals surface area contributed by atoms with Crippen molar-refractivity contribution in [1.82, 2.24) is 4.90 Å². The third-order valence-electron chi connectivity index (χ3n) is 3.62. The van der Waals surface area contributed by atoms with Crippen LogP contribution in [0.5, 0.6) is 0 Å². The minimum absolute atomic E-state index is 1.15. The third kappa shape index (κ3) is 2.38. The number of rotatable bonds is 2. The van der Waals surface area contributed by atoms with Crippen LogP contribution in [0.2, 0.25) is 0 Å². The van der Waals surface area contributed by atoms with E-state index in [9.17, 15) is 0 Å². The Bertz CT molecular complexity index is 509. The van der Waals surface area contributed by atoms with Crippen molar-refractivity contribution in [3.63, 3.8) is 0 Å². The van der Waals surface area contributed by atoms with Gasteiger partial charge >= 0.3 is 0 Å². The predicted molar refractivity (Wildman–Crippen MR) is 75.7 cm³/mol. The quantitative estimate of drug-likeness (QED) is 0.766. The number of fused-ring (bicyclic) bond motifs is 1. The normalized spacial score (nSPS) is 17.7. The van der Waals surface area contributed by atoms with E-state index >= 15 is 0 Å². The summed E-state index contributed by atoms with van der Waals surface area (Å²) in [6, 6.07) is 8.98. The van der Waals surface area contributed by atoms with Crippen LogP contribution < -0.4 is 0 Å². The minimum Gasteiger partial charge on any atom is -0.298 e. The average molecular weight is 245 g/mol. The molecule has 3 rings (SSSR count). The van der Waals surface area contributed by atoms with Crippen molar-refractivity contribution < 1.29 is 0 Å². The Kier molecular flexibility index (Phi) is 3.17. The molecule has 0 bridgehead atoms. The maximum absolute atomic E-state index is 2.60. The van der Waals surface area contributed by atoms with Crippen LogP contribution in [-0.2, 0) is 6.54 Å². The van der Waals surface area contributed by atoms with E-state index in [0.29, 0.717) is 0 Å². The lowest BCUT2D eigenvalue weighted by Crippen LogP contribution is -2.28. The van der Waals surface area contributed by atoms with E-state index in [1.165, 1.54) is 52.9 Å². The molecule has 90 valence electrons. The number of likely N-dealkylation sites (tertiary alicyclic amines) is 1. The molecule has 17 heavy (non-hydrogen) atoms. The second-order valence-corrected chi connectivity index (χ2v) is 6.18. The first-order valence-corrected chi connectivity index (χ1v) is 7.35. The first kappa shape index (κ1) is 11.2. The highest BCUT2D eigenvalue weighted by Crippen LogP contribution is 2.29. The van der Waals surface area contributed by atoms with Gasteiger partial charge in [0.2, 0.25) is 0 Å². The Labute approximate surface area is 107 Å². The van der Waals surface area contributed by atoms with Gasteiger partial charge < -0.3 is 0 Å². The van der Waals surface area contributed by atoms with E-state index in [1.54, 1.807) is 0 Å². The molecular weight excluding hydrogens is 226 g/mol. The fourth-order valence-electron chi connectivity index (χ4n) is 2.68. The third-order valence-corrected chi connectivity index (χ3v) is 4.89. The van der Waals surface area contributed by atoms with Crippen LogP contribution in [-0.4, -0.2) is 18.0 Å². The van der Waals surface area contributed by atoms with Crippen molar-refractivity contribution >= 4 is 21.4 Å². The molecule has 0 spiro atoms. The molecule has 0 atom stereocenters. The lowest BCUT2D eigenvalue weighted by molar-refractivity contribution is 0.223. The van der Waals surface area contributed by atoms with Gasteiger partial charge in [0.1, 0.15) is 0 Å². The van der Waals surface area contributed by atoms with E-state index < -0.39 is 0 Å². The van der Waals surface area contributed by atoms with Gasteiger partial charge in [-0.1, -0.05) is 24.6 Å². The Hall–Kier alpha value is -0.860. The number of aryl methyl sites for hydroxylation is 1. The number of benzene rings is 1. The summed E-state index contributed by atoms with van der Waals surface area (Å²) in [6.07, 6.45) is 4.18. The predicted octanol–water partition coefficient (Wildman–Crippen LogP) is 4.20. The topological polar surface area (TPSA) is 3.24 Å². The molecule has 0 N–H and O–H groups in total.